The number of carbonyl (C=O) groups excluding carboxylic acids is 1. The fourth-order valence-corrected chi connectivity index (χ4v) is 2.18. The van der Waals surface area contributed by atoms with Gasteiger partial charge in [-0.3, -0.25) is 4.79 Å². The zero-order valence-electron chi connectivity index (χ0n) is 10.9. The molecule has 108 valence electrons. The second-order valence-electron chi connectivity index (χ2n) is 4.72. The Hall–Kier alpha value is -1.95. The van der Waals surface area contributed by atoms with E-state index in [-0.39, 0.29) is 29.7 Å². The molecule has 1 saturated heterocycles. The number of anilines is 1. The molecule has 0 spiro atoms. The Morgan fingerprint density at radius 3 is 2.90 bits per heavy atom. The Bertz CT molecular complexity index is 512. The molecule has 6 heteroatoms. The van der Waals surface area contributed by atoms with E-state index >= 15 is 0 Å². The van der Waals surface area contributed by atoms with Crippen molar-refractivity contribution in [3.63, 3.8) is 0 Å². The van der Waals surface area contributed by atoms with Crippen LogP contribution in [0.5, 0.6) is 0 Å². The number of rotatable bonds is 5. The smallest absolute Gasteiger partial charge is 0.337 e. The molecule has 1 amide bonds. The van der Waals surface area contributed by atoms with Gasteiger partial charge in [-0.15, -0.1) is 0 Å². The van der Waals surface area contributed by atoms with Crippen LogP contribution in [0.2, 0.25) is 0 Å². The van der Waals surface area contributed by atoms with E-state index in [4.69, 9.17) is 9.84 Å². The second-order valence-corrected chi connectivity index (χ2v) is 4.72. The number of carboxylic acid groups (broad SMARTS) is 1. The lowest BCUT2D eigenvalue weighted by molar-refractivity contribution is -0.116. The monoisotopic (exact) mass is 281 g/mol. The minimum Gasteiger partial charge on any atom is -0.478 e. The largest absolute Gasteiger partial charge is 0.478 e. The van der Waals surface area contributed by atoms with Gasteiger partial charge in [-0.1, -0.05) is 0 Å². The van der Waals surface area contributed by atoms with Gasteiger partial charge in [-0.05, 0) is 37.5 Å². The van der Waals surface area contributed by atoms with Crippen LogP contribution in [-0.2, 0) is 9.53 Å². The van der Waals surface area contributed by atoms with E-state index in [2.05, 4.69) is 5.32 Å². The van der Waals surface area contributed by atoms with E-state index in [9.17, 15) is 14.0 Å². The lowest BCUT2D eigenvalue weighted by atomic mass is 10.1. The molecule has 0 radical (unpaired) electrons. The number of aromatic carboxylic acids is 1. The summed E-state index contributed by atoms with van der Waals surface area (Å²) in [5.41, 5.74) is -0.147. The van der Waals surface area contributed by atoms with Crippen molar-refractivity contribution < 1.29 is 23.8 Å². The first kappa shape index (κ1) is 14.5. The summed E-state index contributed by atoms with van der Waals surface area (Å²) in [6.07, 6.45) is 2.84. The Morgan fingerprint density at radius 2 is 2.25 bits per heavy atom. The van der Waals surface area contributed by atoms with Crippen LogP contribution in [0.25, 0.3) is 0 Å². The predicted molar refractivity (Wildman–Crippen MR) is 70.2 cm³/mol. The Labute approximate surface area is 115 Å². The third-order valence-electron chi connectivity index (χ3n) is 3.20. The quantitative estimate of drug-likeness (QED) is 0.869. The number of benzene rings is 1. The summed E-state index contributed by atoms with van der Waals surface area (Å²) in [6.45, 7) is 0.722. The normalized spacial score (nSPS) is 17.9. The maximum Gasteiger partial charge on any atom is 0.337 e. The first-order valence-corrected chi connectivity index (χ1v) is 6.50. The number of hydrogen-bond acceptors (Lipinski definition) is 3. The molecular weight excluding hydrogens is 265 g/mol. The molecule has 1 atom stereocenters. The van der Waals surface area contributed by atoms with Crippen LogP contribution in [0.1, 0.15) is 36.0 Å². The molecule has 1 unspecified atom stereocenters. The van der Waals surface area contributed by atoms with Crippen molar-refractivity contribution in [3.05, 3.63) is 29.6 Å². The third-order valence-corrected chi connectivity index (χ3v) is 3.20. The Kier molecular flexibility index (Phi) is 4.68. The number of amides is 1. The van der Waals surface area contributed by atoms with E-state index in [0.29, 0.717) is 6.42 Å². The Balaban J connectivity index is 1.96. The lowest BCUT2D eigenvalue weighted by Gasteiger charge is -2.11. The van der Waals surface area contributed by atoms with Gasteiger partial charge in [0.1, 0.15) is 5.82 Å². The molecule has 2 rings (SSSR count). The molecule has 2 N–H and O–H groups in total. The van der Waals surface area contributed by atoms with Crippen molar-refractivity contribution in [2.45, 2.75) is 31.8 Å². The van der Waals surface area contributed by atoms with Gasteiger partial charge in [0.2, 0.25) is 5.91 Å². The van der Waals surface area contributed by atoms with Crippen LogP contribution in [0.15, 0.2) is 18.2 Å². The van der Waals surface area contributed by atoms with Gasteiger partial charge in [-0.2, -0.15) is 0 Å². The molecule has 1 aliphatic rings. The maximum absolute atomic E-state index is 13.1. The van der Waals surface area contributed by atoms with Gasteiger partial charge in [0.05, 0.1) is 17.4 Å². The highest BCUT2D eigenvalue weighted by atomic mass is 19.1. The van der Waals surface area contributed by atoms with Crippen LogP contribution in [-0.4, -0.2) is 29.7 Å². The highest BCUT2D eigenvalue weighted by Crippen LogP contribution is 2.20. The van der Waals surface area contributed by atoms with Gasteiger partial charge < -0.3 is 15.2 Å². The maximum atomic E-state index is 13.1. The summed E-state index contributed by atoms with van der Waals surface area (Å²) in [6, 6.07) is 3.19. The van der Waals surface area contributed by atoms with Gasteiger partial charge in [0.25, 0.3) is 0 Å². The predicted octanol–water partition coefficient (Wildman–Crippen LogP) is 2.42. The van der Waals surface area contributed by atoms with Crippen LogP contribution >= 0.6 is 0 Å². The summed E-state index contributed by atoms with van der Waals surface area (Å²) in [7, 11) is 0. The zero-order chi connectivity index (χ0) is 14.5. The lowest BCUT2D eigenvalue weighted by Crippen LogP contribution is -2.17. The van der Waals surface area contributed by atoms with Gasteiger partial charge in [-0.25, -0.2) is 9.18 Å². The summed E-state index contributed by atoms with van der Waals surface area (Å²) in [5.74, 6) is -2.14. The molecule has 1 heterocycles. The van der Waals surface area contributed by atoms with Crippen molar-refractivity contribution in [1.82, 2.24) is 0 Å². The minimum absolute atomic E-state index is 0.0187. The molecule has 0 aromatic heterocycles. The molecule has 1 aromatic rings. The summed E-state index contributed by atoms with van der Waals surface area (Å²) >= 11 is 0. The van der Waals surface area contributed by atoms with Crippen LogP contribution in [0, 0.1) is 5.82 Å². The van der Waals surface area contributed by atoms with Crippen molar-refractivity contribution >= 4 is 17.6 Å². The average Bonchev–Trinajstić information content (AvgIpc) is 2.89. The minimum atomic E-state index is -1.21. The molecule has 0 aliphatic carbocycles. The molecule has 1 aromatic carbocycles. The fraction of sp³-hybridized carbons (Fsp3) is 0.429. The number of carboxylic acids is 1. The zero-order valence-corrected chi connectivity index (χ0v) is 10.9. The number of halogens is 1. The van der Waals surface area contributed by atoms with E-state index in [1.165, 1.54) is 0 Å². The van der Waals surface area contributed by atoms with Crippen molar-refractivity contribution in [2.24, 2.45) is 0 Å². The van der Waals surface area contributed by atoms with Gasteiger partial charge in [0.15, 0.2) is 0 Å². The van der Waals surface area contributed by atoms with E-state index < -0.39 is 11.8 Å². The first-order chi connectivity index (χ1) is 9.56. The molecule has 1 fully saturated rings. The van der Waals surface area contributed by atoms with E-state index in [1.54, 1.807) is 0 Å². The SMILES string of the molecule is O=C(CCC1CCCO1)Nc1cc(F)ccc1C(=O)O. The van der Waals surface area contributed by atoms with Gasteiger partial charge >= 0.3 is 5.97 Å². The highest BCUT2D eigenvalue weighted by Gasteiger charge is 2.18. The first-order valence-electron chi connectivity index (χ1n) is 6.50. The second kappa shape index (κ2) is 6.47. The highest BCUT2D eigenvalue weighted by molar-refractivity contribution is 6.00. The number of nitrogens with one attached hydrogen (secondary N) is 1. The van der Waals surface area contributed by atoms with Crippen LogP contribution in [0.4, 0.5) is 10.1 Å². The third kappa shape index (κ3) is 3.77. The topological polar surface area (TPSA) is 75.6 Å². The fourth-order valence-electron chi connectivity index (χ4n) is 2.18. The van der Waals surface area contributed by atoms with Crippen LogP contribution < -0.4 is 5.32 Å². The molecule has 1 aliphatic heterocycles. The standard InChI is InChI=1S/C14H16FNO4/c15-9-3-5-11(14(18)19)12(8-9)16-13(17)6-4-10-2-1-7-20-10/h3,5,8,10H,1-2,4,6-7H2,(H,16,17)(H,18,19). The van der Waals surface area contributed by atoms with Crippen molar-refractivity contribution in [1.29, 1.82) is 0 Å². The molecule has 5 nitrogen and oxygen atoms in total. The summed E-state index contributed by atoms with van der Waals surface area (Å²) in [5, 5.41) is 11.4. The number of carbonyl (C=O) groups is 2. The van der Waals surface area contributed by atoms with Crippen molar-refractivity contribution in [3.8, 4) is 0 Å². The van der Waals surface area contributed by atoms with Crippen LogP contribution in [0.3, 0.4) is 0 Å². The summed E-state index contributed by atoms with van der Waals surface area (Å²) in [4.78, 5) is 22.8. The molecular formula is C14H16FNO4. The van der Waals surface area contributed by atoms with Crippen molar-refractivity contribution in [2.75, 3.05) is 11.9 Å². The number of hydrogen-bond donors (Lipinski definition) is 2. The average molecular weight is 281 g/mol. The molecule has 0 bridgehead atoms. The molecule has 20 heavy (non-hydrogen) atoms. The van der Waals surface area contributed by atoms with E-state index in [1.807, 2.05) is 0 Å². The molecule has 0 saturated carbocycles. The van der Waals surface area contributed by atoms with Gasteiger partial charge in [0, 0.05) is 13.0 Å². The van der Waals surface area contributed by atoms with E-state index in [0.717, 1.165) is 37.6 Å². The Morgan fingerprint density at radius 1 is 1.45 bits per heavy atom. The number of ether oxygens (including phenoxy) is 1. The summed E-state index contributed by atoms with van der Waals surface area (Å²) < 4.78 is 18.5.